The maximum atomic E-state index is 12.5. The van der Waals surface area contributed by atoms with Gasteiger partial charge in [0.05, 0.1) is 0 Å². The van der Waals surface area contributed by atoms with E-state index in [1.54, 1.807) is 7.05 Å². The highest BCUT2D eigenvalue weighted by atomic mass is 16.5. The van der Waals surface area contributed by atoms with Gasteiger partial charge in [0.25, 0.3) is 11.8 Å². The first-order chi connectivity index (χ1) is 15.1. The number of carbonyl (C=O) groups excluding carboxylic acids is 2. The first kappa shape index (κ1) is 23.1. The van der Waals surface area contributed by atoms with Crippen molar-refractivity contribution in [3.63, 3.8) is 0 Å². The lowest BCUT2D eigenvalue weighted by molar-refractivity contribution is -0.142. The second-order valence-electron chi connectivity index (χ2n) is 8.02. The topological polar surface area (TPSA) is 86.3 Å². The van der Waals surface area contributed by atoms with Crippen molar-refractivity contribution in [2.45, 2.75) is 45.3 Å². The molecular formula is C23H35N5O3. The lowest BCUT2D eigenvalue weighted by Gasteiger charge is -2.37. The number of guanidine groups is 1. The number of carbonyl (C=O) groups is 2. The second kappa shape index (κ2) is 11.7. The molecule has 0 radical (unpaired) electrons. The van der Waals surface area contributed by atoms with E-state index in [1.807, 2.05) is 29.2 Å². The number of ether oxygens (including phenoxy) is 1. The Morgan fingerprint density at radius 1 is 1.10 bits per heavy atom. The molecule has 2 aliphatic rings. The minimum Gasteiger partial charge on any atom is -0.368 e. The van der Waals surface area contributed by atoms with Crippen molar-refractivity contribution < 1.29 is 14.3 Å². The summed E-state index contributed by atoms with van der Waals surface area (Å²) in [7, 11) is 1.77. The first-order valence-electron chi connectivity index (χ1n) is 11.4. The van der Waals surface area contributed by atoms with Crippen LogP contribution in [-0.2, 0) is 16.1 Å². The van der Waals surface area contributed by atoms with Gasteiger partial charge in [-0.2, -0.15) is 0 Å². The summed E-state index contributed by atoms with van der Waals surface area (Å²) >= 11 is 0. The number of benzene rings is 1. The molecule has 170 valence electrons. The maximum Gasteiger partial charge on any atom is 0.251 e. The van der Waals surface area contributed by atoms with E-state index in [0.717, 1.165) is 50.3 Å². The molecule has 0 aromatic heterocycles. The molecule has 3 rings (SSSR count). The average Bonchev–Trinajstić information content (AvgIpc) is 3.35. The minimum absolute atomic E-state index is 0.0285. The van der Waals surface area contributed by atoms with Crippen molar-refractivity contribution in [3.05, 3.63) is 35.4 Å². The van der Waals surface area contributed by atoms with Gasteiger partial charge in [-0.15, -0.1) is 0 Å². The molecule has 2 heterocycles. The molecule has 0 saturated carbocycles. The highest BCUT2D eigenvalue weighted by Crippen LogP contribution is 2.16. The molecule has 1 aromatic rings. The number of unbranched alkanes of at least 4 members (excludes halogenated alkanes) is 1. The molecule has 0 spiro atoms. The van der Waals surface area contributed by atoms with Crippen LogP contribution in [-0.4, -0.2) is 80.1 Å². The number of aliphatic imine (C=N–C) groups is 1. The van der Waals surface area contributed by atoms with Gasteiger partial charge in [-0.25, -0.2) is 0 Å². The van der Waals surface area contributed by atoms with Gasteiger partial charge in [-0.3, -0.25) is 14.6 Å². The van der Waals surface area contributed by atoms with Crippen LogP contribution in [0.15, 0.2) is 29.3 Å². The average molecular weight is 430 g/mol. The van der Waals surface area contributed by atoms with Gasteiger partial charge in [0.1, 0.15) is 6.10 Å². The van der Waals surface area contributed by atoms with Gasteiger partial charge in [-0.05, 0) is 37.0 Å². The fraction of sp³-hybridized carbons (Fsp3) is 0.609. The molecule has 8 nitrogen and oxygen atoms in total. The normalized spacial score (nSPS) is 19.4. The highest BCUT2D eigenvalue weighted by molar-refractivity contribution is 5.94. The third-order valence-corrected chi connectivity index (χ3v) is 5.79. The molecule has 2 amide bonds. The van der Waals surface area contributed by atoms with Crippen molar-refractivity contribution in [3.8, 4) is 0 Å². The molecule has 2 fully saturated rings. The van der Waals surface area contributed by atoms with Crippen LogP contribution in [0.4, 0.5) is 0 Å². The predicted molar refractivity (Wildman–Crippen MR) is 121 cm³/mol. The van der Waals surface area contributed by atoms with Gasteiger partial charge in [0.15, 0.2) is 5.96 Å². The molecule has 0 bridgehead atoms. The van der Waals surface area contributed by atoms with Gasteiger partial charge in [0.2, 0.25) is 0 Å². The Kier molecular flexibility index (Phi) is 8.70. The van der Waals surface area contributed by atoms with Gasteiger partial charge in [-0.1, -0.05) is 25.5 Å². The van der Waals surface area contributed by atoms with Gasteiger partial charge in [0, 0.05) is 58.5 Å². The molecule has 31 heavy (non-hydrogen) atoms. The number of hydrogen-bond donors (Lipinski definition) is 2. The van der Waals surface area contributed by atoms with Crippen LogP contribution in [0.25, 0.3) is 0 Å². The summed E-state index contributed by atoms with van der Waals surface area (Å²) in [6.07, 6.45) is 3.61. The van der Waals surface area contributed by atoms with Crippen molar-refractivity contribution >= 4 is 17.8 Å². The zero-order valence-electron chi connectivity index (χ0n) is 18.7. The standard InChI is InChI=1S/C23H35N5O3/c1-3-4-11-25-21(29)19-9-7-18(8-10-19)17-26-23(24-2)28-14-12-27(13-15-28)22(30)20-6-5-16-31-20/h7-10,20H,3-6,11-17H2,1-2H3,(H,24,26)(H,25,29). The van der Waals surface area contributed by atoms with Gasteiger partial charge >= 0.3 is 0 Å². The van der Waals surface area contributed by atoms with Crippen LogP contribution in [0.2, 0.25) is 0 Å². The molecule has 8 heteroatoms. The smallest absolute Gasteiger partial charge is 0.251 e. The first-order valence-corrected chi connectivity index (χ1v) is 11.4. The Balaban J connectivity index is 1.44. The molecular weight excluding hydrogens is 394 g/mol. The fourth-order valence-corrected chi connectivity index (χ4v) is 3.88. The van der Waals surface area contributed by atoms with Crippen LogP contribution in [0.1, 0.15) is 48.5 Å². The highest BCUT2D eigenvalue weighted by Gasteiger charge is 2.30. The predicted octanol–water partition coefficient (Wildman–Crippen LogP) is 1.62. The van der Waals surface area contributed by atoms with E-state index in [1.165, 1.54) is 0 Å². The van der Waals surface area contributed by atoms with Crippen molar-refractivity contribution in [1.29, 1.82) is 0 Å². The largest absolute Gasteiger partial charge is 0.368 e. The SMILES string of the molecule is CCCCNC(=O)c1ccc(CNC(=NC)N2CCN(C(=O)C3CCCO3)CC2)cc1. The summed E-state index contributed by atoms with van der Waals surface area (Å²) < 4.78 is 5.53. The number of hydrogen-bond acceptors (Lipinski definition) is 4. The van der Waals surface area contributed by atoms with Crippen LogP contribution < -0.4 is 10.6 Å². The van der Waals surface area contributed by atoms with E-state index in [4.69, 9.17) is 4.74 Å². The van der Waals surface area contributed by atoms with Crippen molar-refractivity contribution in [2.24, 2.45) is 4.99 Å². The molecule has 1 atom stereocenters. The third-order valence-electron chi connectivity index (χ3n) is 5.79. The minimum atomic E-state index is -0.249. The van der Waals surface area contributed by atoms with Gasteiger partial charge < -0.3 is 25.2 Å². The summed E-state index contributed by atoms with van der Waals surface area (Å²) in [6.45, 7) is 6.98. The van der Waals surface area contributed by atoms with E-state index in [0.29, 0.717) is 38.3 Å². The zero-order chi connectivity index (χ0) is 22.1. The molecule has 2 N–H and O–H groups in total. The fourth-order valence-electron chi connectivity index (χ4n) is 3.88. The summed E-state index contributed by atoms with van der Waals surface area (Å²) in [4.78, 5) is 33.1. The summed E-state index contributed by atoms with van der Waals surface area (Å²) in [5, 5.41) is 6.33. The lowest BCUT2D eigenvalue weighted by atomic mass is 10.1. The summed E-state index contributed by atoms with van der Waals surface area (Å²) in [6, 6.07) is 7.65. The van der Waals surface area contributed by atoms with Crippen LogP contribution in [0.3, 0.4) is 0 Å². The Morgan fingerprint density at radius 3 is 2.42 bits per heavy atom. The van der Waals surface area contributed by atoms with E-state index in [9.17, 15) is 9.59 Å². The number of piperazine rings is 1. The molecule has 2 saturated heterocycles. The van der Waals surface area contributed by atoms with Crippen LogP contribution >= 0.6 is 0 Å². The van der Waals surface area contributed by atoms with Crippen LogP contribution in [0, 0.1) is 0 Å². The Bertz CT molecular complexity index is 751. The van der Waals surface area contributed by atoms with E-state index >= 15 is 0 Å². The van der Waals surface area contributed by atoms with Crippen LogP contribution in [0.5, 0.6) is 0 Å². The second-order valence-corrected chi connectivity index (χ2v) is 8.02. The molecule has 2 aliphatic heterocycles. The molecule has 0 aliphatic carbocycles. The Labute approximate surface area is 185 Å². The summed E-state index contributed by atoms with van der Waals surface area (Å²) in [5.74, 6) is 0.920. The number of nitrogens with zero attached hydrogens (tertiary/aromatic N) is 3. The number of rotatable bonds is 7. The van der Waals surface area contributed by atoms with E-state index in [-0.39, 0.29) is 17.9 Å². The maximum absolute atomic E-state index is 12.5. The molecule has 1 aromatic carbocycles. The summed E-state index contributed by atoms with van der Waals surface area (Å²) in [5.41, 5.74) is 1.76. The number of nitrogens with one attached hydrogen (secondary N) is 2. The zero-order valence-corrected chi connectivity index (χ0v) is 18.7. The Hall–Kier alpha value is -2.61. The monoisotopic (exact) mass is 429 g/mol. The number of amides is 2. The molecule has 1 unspecified atom stereocenters. The lowest BCUT2D eigenvalue weighted by Crippen LogP contribution is -2.55. The van der Waals surface area contributed by atoms with E-state index < -0.39 is 0 Å². The quantitative estimate of drug-likeness (QED) is 0.391. The van der Waals surface area contributed by atoms with E-state index in [2.05, 4.69) is 27.4 Å². The Morgan fingerprint density at radius 2 is 1.81 bits per heavy atom. The van der Waals surface area contributed by atoms with Crippen molar-refractivity contribution in [2.75, 3.05) is 46.4 Å². The van der Waals surface area contributed by atoms with Crippen molar-refractivity contribution in [1.82, 2.24) is 20.4 Å². The third kappa shape index (κ3) is 6.43.